The van der Waals surface area contributed by atoms with Crippen LogP contribution in [0.1, 0.15) is 21.5 Å². The minimum Gasteiger partial charge on any atom is -0.489 e. The number of carbonyl (C=O) groups excluding carboxylic acids is 1. The van der Waals surface area contributed by atoms with Gasteiger partial charge >= 0.3 is 5.97 Å². The molecule has 2 aromatic heterocycles. The normalized spacial score (nSPS) is 10.3. The standard InChI is InChI=1S/C18H14N2O3/c1-22-18(21)13-5-7-15(8-6-13)23-12-14-11-20-9-3-2-4-17(20)16(14)10-19/h2-9,11H,12H2,1H3. The Kier molecular flexibility index (Phi) is 3.98. The number of pyridine rings is 1. The fourth-order valence-corrected chi connectivity index (χ4v) is 2.38. The lowest BCUT2D eigenvalue weighted by atomic mass is 10.2. The molecule has 5 heteroatoms. The molecule has 0 aliphatic carbocycles. The van der Waals surface area contributed by atoms with Gasteiger partial charge in [0.15, 0.2) is 0 Å². The average molecular weight is 306 g/mol. The van der Waals surface area contributed by atoms with E-state index in [0.717, 1.165) is 11.1 Å². The van der Waals surface area contributed by atoms with Gasteiger partial charge in [0.2, 0.25) is 0 Å². The number of esters is 1. The molecule has 0 fully saturated rings. The van der Waals surface area contributed by atoms with Crippen LogP contribution < -0.4 is 4.74 Å². The number of nitriles is 1. The molecule has 1 aromatic carbocycles. The van der Waals surface area contributed by atoms with Gasteiger partial charge in [0.25, 0.3) is 0 Å². The van der Waals surface area contributed by atoms with Crippen LogP contribution in [-0.2, 0) is 11.3 Å². The van der Waals surface area contributed by atoms with Crippen LogP contribution in [0.3, 0.4) is 0 Å². The molecule has 0 aliphatic heterocycles. The van der Waals surface area contributed by atoms with Crippen molar-refractivity contribution in [2.45, 2.75) is 6.61 Å². The van der Waals surface area contributed by atoms with E-state index in [2.05, 4.69) is 10.8 Å². The van der Waals surface area contributed by atoms with Crippen molar-refractivity contribution in [3.63, 3.8) is 0 Å². The molecule has 3 rings (SSSR count). The molecule has 0 unspecified atom stereocenters. The van der Waals surface area contributed by atoms with Crippen molar-refractivity contribution < 1.29 is 14.3 Å². The number of aromatic nitrogens is 1. The van der Waals surface area contributed by atoms with Crippen LogP contribution in [0.2, 0.25) is 0 Å². The monoisotopic (exact) mass is 306 g/mol. The molecule has 114 valence electrons. The Morgan fingerprint density at radius 3 is 2.70 bits per heavy atom. The Bertz CT molecular complexity index is 889. The van der Waals surface area contributed by atoms with Gasteiger partial charge in [-0.1, -0.05) is 6.07 Å². The van der Waals surface area contributed by atoms with Gasteiger partial charge in [-0.2, -0.15) is 5.26 Å². The highest BCUT2D eigenvalue weighted by Crippen LogP contribution is 2.20. The Hall–Kier alpha value is -3.26. The van der Waals surface area contributed by atoms with Crippen molar-refractivity contribution in [2.75, 3.05) is 7.11 Å². The molecule has 2 heterocycles. The Morgan fingerprint density at radius 1 is 1.22 bits per heavy atom. The van der Waals surface area contributed by atoms with E-state index >= 15 is 0 Å². The van der Waals surface area contributed by atoms with Crippen molar-refractivity contribution in [1.29, 1.82) is 5.26 Å². The predicted molar refractivity (Wildman–Crippen MR) is 84.2 cm³/mol. The van der Waals surface area contributed by atoms with E-state index in [1.807, 2.05) is 35.0 Å². The molecule has 0 atom stereocenters. The first kappa shape index (κ1) is 14.7. The van der Waals surface area contributed by atoms with E-state index in [-0.39, 0.29) is 12.6 Å². The lowest BCUT2D eigenvalue weighted by Crippen LogP contribution is -2.01. The second kappa shape index (κ2) is 6.24. The van der Waals surface area contributed by atoms with Crippen LogP contribution in [0, 0.1) is 11.3 Å². The highest BCUT2D eigenvalue weighted by Gasteiger charge is 2.11. The summed E-state index contributed by atoms with van der Waals surface area (Å²) in [5.41, 5.74) is 2.74. The first-order valence-electron chi connectivity index (χ1n) is 7.03. The third kappa shape index (κ3) is 2.87. The van der Waals surface area contributed by atoms with Crippen molar-refractivity contribution in [3.05, 3.63) is 71.5 Å². The summed E-state index contributed by atoms with van der Waals surface area (Å²) in [5.74, 6) is 0.235. The van der Waals surface area contributed by atoms with Gasteiger partial charge in [-0.3, -0.25) is 0 Å². The van der Waals surface area contributed by atoms with Crippen LogP contribution in [0.5, 0.6) is 5.75 Å². The molecule has 0 aliphatic rings. The lowest BCUT2D eigenvalue weighted by molar-refractivity contribution is 0.0600. The highest BCUT2D eigenvalue weighted by molar-refractivity contribution is 5.89. The zero-order chi connectivity index (χ0) is 16.2. The Morgan fingerprint density at radius 2 is 2.00 bits per heavy atom. The van der Waals surface area contributed by atoms with Crippen LogP contribution >= 0.6 is 0 Å². The first-order valence-corrected chi connectivity index (χ1v) is 7.03. The minimum atomic E-state index is -0.387. The smallest absolute Gasteiger partial charge is 0.337 e. The third-order valence-electron chi connectivity index (χ3n) is 3.54. The van der Waals surface area contributed by atoms with E-state index in [0.29, 0.717) is 16.9 Å². The van der Waals surface area contributed by atoms with Gasteiger partial charge in [-0.15, -0.1) is 0 Å². The van der Waals surface area contributed by atoms with Crippen LogP contribution in [-0.4, -0.2) is 17.5 Å². The number of carbonyl (C=O) groups is 1. The second-order valence-corrected chi connectivity index (χ2v) is 4.94. The van der Waals surface area contributed by atoms with Gasteiger partial charge in [-0.25, -0.2) is 4.79 Å². The lowest BCUT2D eigenvalue weighted by Gasteiger charge is -2.06. The van der Waals surface area contributed by atoms with Crippen molar-refractivity contribution in [2.24, 2.45) is 0 Å². The number of fused-ring (bicyclic) bond motifs is 1. The molecule has 0 spiro atoms. The zero-order valence-electron chi connectivity index (χ0n) is 12.5. The third-order valence-corrected chi connectivity index (χ3v) is 3.54. The number of rotatable bonds is 4. The van der Waals surface area contributed by atoms with Crippen molar-refractivity contribution in [1.82, 2.24) is 4.40 Å². The summed E-state index contributed by atoms with van der Waals surface area (Å²) in [7, 11) is 1.34. The predicted octanol–water partition coefficient (Wildman–Crippen LogP) is 3.18. The first-order chi connectivity index (χ1) is 11.2. The number of nitrogens with zero attached hydrogens (tertiary/aromatic N) is 2. The summed E-state index contributed by atoms with van der Waals surface area (Å²) in [5, 5.41) is 9.36. The number of hydrogen-bond donors (Lipinski definition) is 0. The summed E-state index contributed by atoms with van der Waals surface area (Å²) >= 11 is 0. The number of methoxy groups -OCH3 is 1. The maximum Gasteiger partial charge on any atom is 0.337 e. The fraction of sp³-hybridized carbons (Fsp3) is 0.111. The van der Waals surface area contributed by atoms with Crippen LogP contribution in [0.25, 0.3) is 5.52 Å². The van der Waals surface area contributed by atoms with E-state index < -0.39 is 0 Å². The molecule has 0 radical (unpaired) electrons. The van der Waals surface area contributed by atoms with E-state index in [4.69, 9.17) is 4.74 Å². The SMILES string of the molecule is COC(=O)c1ccc(OCc2cn3ccccc3c2C#N)cc1. The molecule has 3 aromatic rings. The molecule has 0 N–H and O–H groups in total. The van der Waals surface area contributed by atoms with E-state index in [9.17, 15) is 10.1 Å². The zero-order valence-corrected chi connectivity index (χ0v) is 12.5. The molecular formula is C18H14N2O3. The van der Waals surface area contributed by atoms with Gasteiger partial charge in [0.1, 0.15) is 18.4 Å². The molecule has 5 nitrogen and oxygen atoms in total. The molecule has 0 saturated carbocycles. The molecule has 0 bridgehead atoms. The molecular weight excluding hydrogens is 292 g/mol. The van der Waals surface area contributed by atoms with Gasteiger partial charge in [-0.05, 0) is 36.4 Å². The minimum absolute atomic E-state index is 0.280. The van der Waals surface area contributed by atoms with Gasteiger partial charge < -0.3 is 13.9 Å². The van der Waals surface area contributed by atoms with E-state index in [1.54, 1.807) is 24.3 Å². The Labute approximate surface area is 133 Å². The highest BCUT2D eigenvalue weighted by atomic mass is 16.5. The van der Waals surface area contributed by atoms with E-state index in [1.165, 1.54) is 7.11 Å². The maximum atomic E-state index is 11.4. The summed E-state index contributed by atoms with van der Waals surface area (Å²) in [6.45, 7) is 0.280. The molecule has 0 saturated heterocycles. The quantitative estimate of drug-likeness (QED) is 0.694. The van der Waals surface area contributed by atoms with Gasteiger partial charge in [0.05, 0.1) is 23.8 Å². The number of ether oxygens (including phenoxy) is 2. The van der Waals surface area contributed by atoms with Crippen LogP contribution in [0.15, 0.2) is 54.9 Å². The van der Waals surface area contributed by atoms with Gasteiger partial charge in [0, 0.05) is 18.0 Å². The largest absolute Gasteiger partial charge is 0.489 e. The maximum absolute atomic E-state index is 11.4. The number of benzene rings is 1. The summed E-state index contributed by atoms with van der Waals surface area (Å²) in [6, 6.07) is 14.6. The summed E-state index contributed by atoms with van der Waals surface area (Å²) in [4.78, 5) is 11.4. The fourth-order valence-electron chi connectivity index (χ4n) is 2.38. The second-order valence-electron chi connectivity index (χ2n) is 4.94. The summed E-state index contributed by atoms with van der Waals surface area (Å²) < 4.78 is 12.3. The van der Waals surface area contributed by atoms with Crippen molar-refractivity contribution >= 4 is 11.5 Å². The Balaban J connectivity index is 1.78. The number of hydrogen-bond acceptors (Lipinski definition) is 4. The average Bonchev–Trinajstić information content (AvgIpc) is 2.97. The van der Waals surface area contributed by atoms with Crippen molar-refractivity contribution in [3.8, 4) is 11.8 Å². The van der Waals surface area contributed by atoms with Crippen LogP contribution in [0.4, 0.5) is 0 Å². The summed E-state index contributed by atoms with van der Waals surface area (Å²) in [6.07, 6.45) is 3.78. The molecule has 23 heavy (non-hydrogen) atoms. The molecule has 0 amide bonds. The topological polar surface area (TPSA) is 63.7 Å².